The van der Waals surface area contributed by atoms with Gasteiger partial charge in [-0.2, -0.15) is 18.3 Å². The summed E-state index contributed by atoms with van der Waals surface area (Å²) in [6, 6.07) is 5.03. The Kier molecular flexibility index (Phi) is 5.92. The smallest absolute Gasteiger partial charge is 0.434 e. The average Bonchev–Trinajstić information content (AvgIpc) is 2.99. The molecule has 2 aromatic rings. The Morgan fingerprint density at radius 1 is 1.26 bits per heavy atom. The Balaban J connectivity index is 2.47. The van der Waals surface area contributed by atoms with E-state index in [4.69, 9.17) is 0 Å². The molecule has 1 aromatic carbocycles. The summed E-state index contributed by atoms with van der Waals surface area (Å²) < 4.78 is 41.7. The molecule has 0 aliphatic carbocycles. The van der Waals surface area contributed by atoms with Crippen molar-refractivity contribution in [2.75, 3.05) is 0 Å². The zero-order chi connectivity index (χ0) is 20.4. The predicted octanol–water partition coefficient (Wildman–Crippen LogP) is 3.43. The van der Waals surface area contributed by atoms with Gasteiger partial charge in [-0.05, 0) is 30.9 Å². The molecule has 0 aliphatic heterocycles. The van der Waals surface area contributed by atoms with E-state index in [0.717, 1.165) is 6.20 Å². The van der Waals surface area contributed by atoms with Crippen LogP contribution in [0.4, 0.5) is 13.2 Å². The molecule has 1 amide bonds. The molecule has 0 aliphatic rings. The van der Waals surface area contributed by atoms with Gasteiger partial charge >= 0.3 is 12.1 Å². The van der Waals surface area contributed by atoms with Crippen LogP contribution < -0.4 is 5.32 Å². The lowest BCUT2D eigenvalue weighted by atomic mass is 10.0. The van der Waals surface area contributed by atoms with Crippen molar-refractivity contribution >= 4 is 11.9 Å². The van der Waals surface area contributed by atoms with Crippen LogP contribution in [0, 0.1) is 12.8 Å². The third kappa shape index (κ3) is 4.66. The van der Waals surface area contributed by atoms with Crippen LogP contribution in [0.1, 0.15) is 41.9 Å². The number of carboxylic acids is 1. The number of halogens is 3. The van der Waals surface area contributed by atoms with E-state index < -0.39 is 35.4 Å². The van der Waals surface area contributed by atoms with Gasteiger partial charge in [0.1, 0.15) is 6.04 Å². The highest BCUT2D eigenvalue weighted by Gasteiger charge is 2.41. The molecular formula is C18H20F3N3O3. The predicted molar refractivity (Wildman–Crippen MR) is 91.6 cm³/mol. The van der Waals surface area contributed by atoms with Crippen molar-refractivity contribution in [3.63, 3.8) is 0 Å². The number of nitrogens with zero attached hydrogens (tertiary/aromatic N) is 2. The second-order valence-corrected chi connectivity index (χ2v) is 6.60. The van der Waals surface area contributed by atoms with Gasteiger partial charge in [0.05, 0.1) is 17.4 Å². The lowest BCUT2D eigenvalue weighted by molar-refractivity contribution is -0.143. The normalized spacial score (nSPS) is 12.9. The van der Waals surface area contributed by atoms with E-state index in [2.05, 4.69) is 10.4 Å². The minimum atomic E-state index is -4.86. The SMILES string of the molecule is Cc1ccccc1-n1ncc(C(=O)N[C@H](CC(C)C)C(=O)O)c1C(F)(F)F. The number of hydrogen-bond donors (Lipinski definition) is 2. The number of para-hydroxylation sites is 1. The van der Waals surface area contributed by atoms with E-state index in [0.29, 0.717) is 10.2 Å². The molecule has 0 saturated heterocycles. The van der Waals surface area contributed by atoms with Crippen LogP contribution in [-0.4, -0.2) is 32.8 Å². The molecule has 1 atom stereocenters. The standard InChI is InChI=1S/C18H20F3N3O3/c1-10(2)8-13(17(26)27)23-16(25)12-9-22-24(15(12)18(19,20)21)14-7-5-4-6-11(14)3/h4-7,9-10,13H,8H2,1-3H3,(H,23,25)(H,26,27)/t13-/m1/s1. The Hall–Kier alpha value is -2.84. The number of alkyl halides is 3. The Morgan fingerprint density at radius 3 is 2.41 bits per heavy atom. The minimum absolute atomic E-state index is 0.0665. The summed E-state index contributed by atoms with van der Waals surface area (Å²) in [6.07, 6.45) is -3.96. The summed E-state index contributed by atoms with van der Waals surface area (Å²) in [5, 5.41) is 15.1. The van der Waals surface area contributed by atoms with Crippen LogP contribution in [0.15, 0.2) is 30.5 Å². The lowest BCUT2D eigenvalue weighted by Crippen LogP contribution is -2.42. The number of carbonyl (C=O) groups excluding carboxylic acids is 1. The number of carbonyl (C=O) groups is 2. The topological polar surface area (TPSA) is 84.2 Å². The van der Waals surface area contributed by atoms with Gasteiger partial charge in [0.2, 0.25) is 0 Å². The number of aryl methyl sites for hydroxylation is 1. The van der Waals surface area contributed by atoms with Gasteiger partial charge in [-0.15, -0.1) is 0 Å². The van der Waals surface area contributed by atoms with Gasteiger partial charge < -0.3 is 10.4 Å². The maximum atomic E-state index is 13.7. The Labute approximate surface area is 154 Å². The van der Waals surface area contributed by atoms with Crippen molar-refractivity contribution in [2.24, 2.45) is 5.92 Å². The molecule has 0 fully saturated rings. The fourth-order valence-corrected chi connectivity index (χ4v) is 2.70. The Morgan fingerprint density at radius 2 is 1.89 bits per heavy atom. The molecule has 0 saturated carbocycles. The second kappa shape index (κ2) is 7.81. The largest absolute Gasteiger partial charge is 0.480 e. The summed E-state index contributed by atoms with van der Waals surface area (Å²) in [6.45, 7) is 5.12. The summed E-state index contributed by atoms with van der Waals surface area (Å²) in [4.78, 5) is 23.7. The van der Waals surface area contributed by atoms with Gasteiger partial charge in [0.15, 0.2) is 5.69 Å². The van der Waals surface area contributed by atoms with E-state index in [1.807, 2.05) is 0 Å². The van der Waals surface area contributed by atoms with Crippen LogP contribution >= 0.6 is 0 Å². The Bertz CT molecular complexity index is 844. The third-order valence-electron chi connectivity index (χ3n) is 3.94. The first-order valence-corrected chi connectivity index (χ1v) is 8.27. The molecular weight excluding hydrogens is 363 g/mol. The van der Waals surface area contributed by atoms with Crippen molar-refractivity contribution < 1.29 is 27.9 Å². The van der Waals surface area contributed by atoms with Crippen LogP contribution in [0.3, 0.4) is 0 Å². The van der Waals surface area contributed by atoms with Crippen LogP contribution in [0.5, 0.6) is 0 Å². The van der Waals surface area contributed by atoms with E-state index in [1.165, 1.54) is 6.07 Å². The van der Waals surface area contributed by atoms with Gasteiger partial charge in [0.25, 0.3) is 5.91 Å². The monoisotopic (exact) mass is 383 g/mol. The van der Waals surface area contributed by atoms with Gasteiger partial charge in [-0.1, -0.05) is 32.0 Å². The quantitative estimate of drug-likeness (QED) is 0.801. The highest BCUT2D eigenvalue weighted by molar-refractivity contribution is 5.97. The highest BCUT2D eigenvalue weighted by atomic mass is 19.4. The summed E-state index contributed by atoms with van der Waals surface area (Å²) in [5.74, 6) is -2.50. The molecule has 146 valence electrons. The van der Waals surface area contributed by atoms with Crippen LogP contribution in [-0.2, 0) is 11.0 Å². The van der Waals surface area contributed by atoms with Crippen molar-refractivity contribution in [1.29, 1.82) is 0 Å². The van der Waals surface area contributed by atoms with E-state index in [-0.39, 0.29) is 18.0 Å². The van der Waals surface area contributed by atoms with Gasteiger partial charge in [0, 0.05) is 0 Å². The van der Waals surface area contributed by atoms with E-state index in [9.17, 15) is 27.9 Å². The molecule has 6 nitrogen and oxygen atoms in total. The maximum Gasteiger partial charge on any atom is 0.434 e. The number of nitrogens with one attached hydrogen (secondary N) is 1. The number of carboxylic acid groups (broad SMARTS) is 1. The number of rotatable bonds is 6. The van der Waals surface area contributed by atoms with Crippen molar-refractivity contribution in [2.45, 2.75) is 39.4 Å². The molecule has 9 heteroatoms. The maximum absolute atomic E-state index is 13.7. The lowest BCUT2D eigenvalue weighted by Gasteiger charge is -2.17. The second-order valence-electron chi connectivity index (χ2n) is 6.60. The third-order valence-corrected chi connectivity index (χ3v) is 3.94. The zero-order valence-corrected chi connectivity index (χ0v) is 15.0. The number of aromatic nitrogens is 2. The van der Waals surface area contributed by atoms with Gasteiger partial charge in [-0.25, -0.2) is 9.48 Å². The fourth-order valence-electron chi connectivity index (χ4n) is 2.70. The van der Waals surface area contributed by atoms with E-state index in [1.54, 1.807) is 39.0 Å². The number of benzene rings is 1. The average molecular weight is 383 g/mol. The molecule has 2 N–H and O–H groups in total. The molecule has 0 bridgehead atoms. The highest BCUT2D eigenvalue weighted by Crippen LogP contribution is 2.34. The first-order valence-electron chi connectivity index (χ1n) is 8.27. The van der Waals surface area contributed by atoms with Crippen molar-refractivity contribution in [3.8, 4) is 5.69 Å². The zero-order valence-electron chi connectivity index (χ0n) is 15.0. The van der Waals surface area contributed by atoms with E-state index >= 15 is 0 Å². The molecule has 0 unspecified atom stereocenters. The van der Waals surface area contributed by atoms with Crippen molar-refractivity contribution in [3.05, 3.63) is 47.3 Å². The number of aliphatic carboxylic acids is 1. The molecule has 2 rings (SSSR count). The summed E-state index contributed by atoms with van der Waals surface area (Å²) in [7, 11) is 0. The van der Waals surface area contributed by atoms with Crippen molar-refractivity contribution in [1.82, 2.24) is 15.1 Å². The fraction of sp³-hybridized carbons (Fsp3) is 0.389. The summed E-state index contributed by atoms with van der Waals surface area (Å²) >= 11 is 0. The minimum Gasteiger partial charge on any atom is -0.480 e. The first kappa shape index (κ1) is 20.5. The van der Waals surface area contributed by atoms with Gasteiger partial charge in [-0.3, -0.25) is 4.79 Å². The molecule has 1 heterocycles. The summed E-state index contributed by atoms with van der Waals surface area (Å²) in [5.41, 5.74) is -1.24. The molecule has 1 aromatic heterocycles. The molecule has 27 heavy (non-hydrogen) atoms. The first-order chi connectivity index (χ1) is 12.5. The molecule has 0 radical (unpaired) electrons. The van der Waals surface area contributed by atoms with Crippen LogP contribution in [0.25, 0.3) is 5.69 Å². The van der Waals surface area contributed by atoms with Crippen LogP contribution in [0.2, 0.25) is 0 Å². The number of amides is 1. The number of hydrogen-bond acceptors (Lipinski definition) is 3. The molecule has 0 spiro atoms.